The molecule has 1 fully saturated rings. The highest BCUT2D eigenvalue weighted by molar-refractivity contribution is 9.10. The molecule has 0 atom stereocenters. The number of anilines is 1. The predicted octanol–water partition coefficient (Wildman–Crippen LogP) is 3.52. The maximum absolute atomic E-state index is 5.82. The summed E-state index contributed by atoms with van der Waals surface area (Å²) in [6.07, 6.45) is 5.48. The minimum absolute atomic E-state index is 0.316. The highest BCUT2D eigenvalue weighted by atomic mass is 79.9. The van der Waals surface area contributed by atoms with E-state index in [4.69, 9.17) is 11.6 Å². The molecule has 1 aliphatic rings. The molecule has 3 nitrogen and oxygen atoms in total. The van der Waals surface area contributed by atoms with Crippen molar-refractivity contribution in [2.24, 2.45) is 5.92 Å². The van der Waals surface area contributed by atoms with Crippen molar-refractivity contribution < 1.29 is 0 Å². The van der Waals surface area contributed by atoms with Gasteiger partial charge in [-0.25, -0.2) is 4.98 Å². The minimum Gasteiger partial charge on any atom is -0.356 e. The molecule has 0 saturated carbocycles. The van der Waals surface area contributed by atoms with Crippen LogP contribution in [0.1, 0.15) is 26.2 Å². The van der Waals surface area contributed by atoms with Crippen LogP contribution in [-0.2, 0) is 0 Å². The van der Waals surface area contributed by atoms with Crippen molar-refractivity contribution in [3.8, 4) is 0 Å². The van der Waals surface area contributed by atoms with E-state index in [1.54, 1.807) is 6.20 Å². The van der Waals surface area contributed by atoms with Crippen LogP contribution >= 0.6 is 27.5 Å². The van der Waals surface area contributed by atoms with Crippen LogP contribution in [0.4, 0.5) is 5.82 Å². The molecule has 2 heterocycles. The third-order valence-corrected chi connectivity index (χ3v) is 3.93. The Morgan fingerprint density at radius 2 is 2.19 bits per heavy atom. The maximum Gasteiger partial charge on any atom is 0.224 e. The molecule has 1 saturated heterocycles. The molecule has 0 radical (unpaired) electrons. The van der Waals surface area contributed by atoms with Gasteiger partial charge in [-0.05, 0) is 46.3 Å². The van der Waals surface area contributed by atoms with Crippen molar-refractivity contribution in [2.75, 3.05) is 18.0 Å². The molecule has 0 aromatic carbocycles. The predicted molar refractivity (Wildman–Crippen MR) is 70.0 cm³/mol. The summed E-state index contributed by atoms with van der Waals surface area (Å²) in [7, 11) is 0. The monoisotopic (exact) mass is 303 g/mol. The second-order valence-corrected chi connectivity index (χ2v) is 5.34. The molecule has 0 spiro atoms. The summed E-state index contributed by atoms with van der Waals surface area (Å²) in [6, 6.07) is 0. The van der Waals surface area contributed by atoms with E-state index in [0.29, 0.717) is 5.28 Å². The molecule has 0 unspecified atom stereocenters. The van der Waals surface area contributed by atoms with Gasteiger partial charge >= 0.3 is 0 Å². The molecule has 0 N–H and O–H groups in total. The average Bonchev–Trinajstić information content (AvgIpc) is 2.32. The topological polar surface area (TPSA) is 29.0 Å². The van der Waals surface area contributed by atoms with Gasteiger partial charge in [0.1, 0.15) is 5.82 Å². The van der Waals surface area contributed by atoms with Crippen LogP contribution in [0.2, 0.25) is 5.28 Å². The summed E-state index contributed by atoms with van der Waals surface area (Å²) in [5.41, 5.74) is 0. The van der Waals surface area contributed by atoms with Crippen LogP contribution in [0, 0.1) is 5.92 Å². The second-order valence-electron chi connectivity index (χ2n) is 4.15. The van der Waals surface area contributed by atoms with Gasteiger partial charge in [-0.3, -0.25) is 0 Å². The van der Waals surface area contributed by atoms with Crippen LogP contribution in [0.5, 0.6) is 0 Å². The first kappa shape index (κ1) is 12.1. The first-order valence-electron chi connectivity index (χ1n) is 5.63. The first-order valence-corrected chi connectivity index (χ1v) is 6.80. The molecule has 88 valence electrons. The number of halogens is 2. The molecule has 16 heavy (non-hydrogen) atoms. The van der Waals surface area contributed by atoms with E-state index in [0.717, 1.165) is 29.3 Å². The third-order valence-electron chi connectivity index (χ3n) is 3.19. The Hall–Kier alpha value is -0.350. The number of hydrogen-bond donors (Lipinski definition) is 0. The minimum atomic E-state index is 0.316. The summed E-state index contributed by atoms with van der Waals surface area (Å²) in [6.45, 7) is 4.38. The lowest BCUT2D eigenvalue weighted by Crippen LogP contribution is -2.34. The van der Waals surface area contributed by atoms with E-state index in [1.165, 1.54) is 19.3 Å². The molecule has 0 amide bonds. The molecule has 5 heteroatoms. The fraction of sp³-hybridized carbons (Fsp3) is 0.636. The molecule has 1 aromatic rings. The van der Waals surface area contributed by atoms with Crippen molar-refractivity contribution in [3.05, 3.63) is 16.0 Å². The van der Waals surface area contributed by atoms with E-state index in [1.807, 2.05) is 0 Å². The van der Waals surface area contributed by atoms with Crippen molar-refractivity contribution in [3.63, 3.8) is 0 Å². The number of hydrogen-bond acceptors (Lipinski definition) is 3. The zero-order valence-corrected chi connectivity index (χ0v) is 11.6. The van der Waals surface area contributed by atoms with Crippen LogP contribution in [0.3, 0.4) is 0 Å². The first-order chi connectivity index (χ1) is 7.70. The van der Waals surface area contributed by atoms with Gasteiger partial charge in [-0.15, -0.1) is 0 Å². The van der Waals surface area contributed by atoms with Crippen LogP contribution < -0.4 is 4.90 Å². The Bertz CT molecular complexity index is 364. The van der Waals surface area contributed by atoms with Gasteiger partial charge in [-0.2, -0.15) is 4.98 Å². The third kappa shape index (κ3) is 2.66. The maximum atomic E-state index is 5.82. The number of aromatic nitrogens is 2. The van der Waals surface area contributed by atoms with Crippen molar-refractivity contribution in [1.82, 2.24) is 9.97 Å². The van der Waals surface area contributed by atoms with Gasteiger partial charge in [0.2, 0.25) is 5.28 Å². The van der Waals surface area contributed by atoms with E-state index in [9.17, 15) is 0 Å². The summed E-state index contributed by atoms with van der Waals surface area (Å²) in [5, 5.41) is 0.316. The van der Waals surface area contributed by atoms with Gasteiger partial charge in [0.05, 0.1) is 4.47 Å². The molecule has 1 aliphatic heterocycles. The molecule has 0 aliphatic carbocycles. The molecule has 1 aromatic heterocycles. The fourth-order valence-corrected chi connectivity index (χ4v) is 2.68. The summed E-state index contributed by atoms with van der Waals surface area (Å²) < 4.78 is 0.923. The van der Waals surface area contributed by atoms with Crippen LogP contribution in [-0.4, -0.2) is 23.1 Å². The zero-order chi connectivity index (χ0) is 11.5. The van der Waals surface area contributed by atoms with Gasteiger partial charge in [-0.1, -0.05) is 13.3 Å². The van der Waals surface area contributed by atoms with Crippen molar-refractivity contribution in [2.45, 2.75) is 26.2 Å². The van der Waals surface area contributed by atoms with Crippen molar-refractivity contribution >= 4 is 33.3 Å². The van der Waals surface area contributed by atoms with Crippen molar-refractivity contribution in [1.29, 1.82) is 0 Å². The largest absolute Gasteiger partial charge is 0.356 e. The fourth-order valence-electron chi connectivity index (χ4n) is 2.11. The number of nitrogens with zero attached hydrogens (tertiary/aromatic N) is 3. The lowest BCUT2D eigenvalue weighted by atomic mass is 9.94. The summed E-state index contributed by atoms with van der Waals surface area (Å²) in [5.74, 6) is 1.79. The Morgan fingerprint density at radius 1 is 1.50 bits per heavy atom. The lowest BCUT2D eigenvalue weighted by Gasteiger charge is -2.32. The highest BCUT2D eigenvalue weighted by Gasteiger charge is 2.20. The second kappa shape index (κ2) is 5.32. The molecule has 2 rings (SSSR count). The molecule has 0 bridgehead atoms. The SMILES string of the molecule is CCC1CCN(c2nc(Cl)ncc2Br)CC1. The van der Waals surface area contributed by atoms with E-state index < -0.39 is 0 Å². The number of rotatable bonds is 2. The average molecular weight is 305 g/mol. The number of piperidine rings is 1. The Labute approximate surface area is 109 Å². The lowest BCUT2D eigenvalue weighted by molar-refractivity contribution is 0.393. The van der Waals surface area contributed by atoms with Gasteiger partial charge in [0.15, 0.2) is 0 Å². The Kier molecular flexibility index (Phi) is 4.03. The van der Waals surface area contributed by atoms with Gasteiger partial charge < -0.3 is 4.90 Å². The zero-order valence-electron chi connectivity index (χ0n) is 9.29. The van der Waals surface area contributed by atoms with Crippen LogP contribution in [0.15, 0.2) is 10.7 Å². The highest BCUT2D eigenvalue weighted by Crippen LogP contribution is 2.29. The van der Waals surface area contributed by atoms with Crippen LogP contribution in [0.25, 0.3) is 0 Å². The van der Waals surface area contributed by atoms with Gasteiger partial charge in [0, 0.05) is 19.3 Å². The Morgan fingerprint density at radius 3 is 2.81 bits per heavy atom. The van der Waals surface area contributed by atoms with E-state index >= 15 is 0 Å². The molecular weight excluding hydrogens is 289 g/mol. The van der Waals surface area contributed by atoms with Gasteiger partial charge in [0.25, 0.3) is 0 Å². The van der Waals surface area contributed by atoms with E-state index in [-0.39, 0.29) is 0 Å². The summed E-state index contributed by atoms with van der Waals surface area (Å²) >= 11 is 9.30. The summed E-state index contributed by atoms with van der Waals surface area (Å²) in [4.78, 5) is 10.5. The standard InChI is InChI=1S/C11H15BrClN3/c1-2-8-3-5-16(6-4-8)10-9(12)7-14-11(13)15-10/h7-8H,2-6H2,1H3. The van der Waals surface area contributed by atoms with E-state index in [2.05, 4.69) is 37.7 Å². The smallest absolute Gasteiger partial charge is 0.224 e. The normalized spacial score (nSPS) is 17.8. The quantitative estimate of drug-likeness (QED) is 0.783. The Balaban J connectivity index is 2.10. The molecular formula is C11H15BrClN3.